The van der Waals surface area contributed by atoms with Gasteiger partial charge in [-0.3, -0.25) is 0 Å². The Kier molecular flexibility index (Phi) is 14.6. The fraction of sp³-hybridized carbons (Fsp3) is 0.632. The molecule has 0 amide bonds. The Bertz CT molecular complexity index is 346. The van der Waals surface area contributed by atoms with Crippen molar-refractivity contribution < 1.29 is 9.90 Å². The van der Waals surface area contributed by atoms with E-state index in [0.717, 1.165) is 0 Å². The second-order valence-electron chi connectivity index (χ2n) is 5.96. The molecule has 1 rings (SSSR count). The summed E-state index contributed by atoms with van der Waals surface area (Å²) >= 11 is -0.287. The van der Waals surface area contributed by atoms with Gasteiger partial charge in [-0.2, -0.15) is 0 Å². The molecule has 0 saturated heterocycles. The van der Waals surface area contributed by atoms with Crippen LogP contribution in [-0.2, 0) is 0 Å². The van der Waals surface area contributed by atoms with Crippen molar-refractivity contribution in [2.75, 3.05) is 0 Å². The van der Waals surface area contributed by atoms with Crippen molar-refractivity contribution in [3.8, 4) is 0 Å². The first-order valence-corrected chi connectivity index (χ1v) is 11.4. The minimum atomic E-state index is -0.879. The fourth-order valence-electron chi connectivity index (χ4n) is 2.49. The van der Waals surface area contributed by atoms with Gasteiger partial charge >= 0.3 is 5.97 Å². The van der Waals surface area contributed by atoms with Crippen LogP contribution in [0.5, 0.6) is 0 Å². The van der Waals surface area contributed by atoms with Crippen LogP contribution >= 0.6 is 0 Å². The first-order valence-electron chi connectivity index (χ1n) is 8.93. The summed E-state index contributed by atoms with van der Waals surface area (Å²) in [5.41, 5.74) is 0.331. The fourth-order valence-corrected chi connectivity index (χ4v) is 6.31. The lowest BCUT2D eigenvalue weighted by molar-refractivity contribution is 0.0697. The largest absolute Gasteiger partial charge is 0.478 e. The molecule has 0 aromatic heterocycles. The van der Waals surface area contributed by atoms with Gasteiger partial charge in [0.15, 0.2) is 0 Å². The summed E-state index contributed by atoms with van der Waals surface area (Å²) in [5.74, 6) is -0.879. The molecule has 0 bridgehead atoms. The summed E-state index contributed by atoms with van der Waals surface area (Å²) in [6.07, 6.45) is 8.73. The Morgan fingerprint density at radius 2 is 1.27 bits per heavy atom. The van der Waals surface area contributed by atoms with E-state index in [-0.39, 0.29) is 14.1 Å². The van der Waals surface area contributed by atoms with Crippen molar-refractivity contribution in [1.29, 1.82) is 0 Å². The molecule has 1 aromatic rings. The van der Waals surface area contributed by atoms with Crippen molar-refractivity contribution in [2.45, 2.75) is 75.1 Å². The molecule has 0 heterocycles. The van der Waals surface area contributed by atoms with Gasteiger partial charge in [0.2, 0.25) is 0 Å². The highest BCUT2D eigenvalue weighted by Gasteiger charge is 2.14. The van der Waals surface area contributed by atoms with Crippen molar-refractivity contribution in [3.63, 3.8) is 0 Å². The van der Waals surface area contributed by atoms with Crippen LogP contribution in [0, 0.1) is 0 Å². The predicted octanol–water partition coefficient (Wildman–Crippen LogP) is 6.27. The summed E-state index contributed by atoms with van der Waals surface area (Å²) in [7, 11) is 0. The van der Waals surface area contributed by atoms with Gasteiger partial charge in [0.25, 0.3) is 14.1 Å². The minimum Gasteiger partial charge on any atom is -0.478 e. The molecule has 3 heteroatoms. The van der Waals surface area contributed by atoms with E-state index in [1.54, 1.807) is 46.2 Å². The van der Waals surface area contributed by atoms with Crippen molar-refractivity contribution >= 4 is 20.1 Å². The highest BCUT2D eigenvalue weighted by molar-refractivity contribution is 6.58. The van der Waals surface area contributed by atoms with E-state index in [0.29, 0.717) is 5.56 Å². The summed E-state index contributed by atoms with van der Waals surface area (Å²) in [4.78, 5) is 10.2. The predicted molar refractivity (Wildman–Crippen MR) is 98.3 cm³/mol. The smallest absolute Gasteiger partial charge is 0.335 e. The molecular weight excluding hydrogens is 287 g/mol. The second-order valence-corrected chi connectivity index (χ2v) is 9.43. The number of carboxylic acid groups (broad SMARTS) is 1. The first kappa shape index (κ1) is 21.2. The quantitative estimate of drug-likeness (QED) is 0.516. The van der Waals surface area contributed by atoms with Crippen molar-refractivity contribution in [3.05, 3.63) is 35.9 Å². The number of carboxylic acids is 1. The number of unbranched alkanes of at least 4 members (excludes halogenated alkanes) is 3. The van der Waals surface area contributed by atoms with Crippen LogP contribution in [0.25, 0.3) is 0 Å². The Labute approximate surface area is 141 Å². The maximum Gasteiger partial charge on any atom is 0.335 e. The van der Waals surface area contributed by atoms with Crippen molar-refractivity contribution in [2.24, 2.45) is 0 Å². The Hall–Kier alpha value is -0.778. The molecule has 1 aromatic carbocycles. The van der Waals surface area contributed by atoms with Crippen LogP contribution in [0.1, 0.15) is 69.7 Å². The van der Waals surface area contributed by atoms with Crippen LogP contribution in [0.15, 0.2) is 30.3 Å². The molecule has 0 aliphatic rings. The Balaban J connectivity index is 0.000000425. The normalized spacial score (nSPS) is 9.77. The van der Waals surface area contributed by atoms with Gasteiger partial charge in [-0.15, -0.1) is 0 Å². The topological polar surface area (TPSA) is 37.3 Å². The zero-order valence-electron chi connectivity index (χ0n) is 14.7. The van der Waals surface area contributed by atoms with Crippen LogP contribution in [0.3, 0.4) is 0 Å². The van der Waals surface area contributed by atoms with Gasteiger partial charge in [-0.05, 0) is 12.1 Å². The summed E-state index contributed by atoms with van der Waals surface area (Å²) in [6.45, 7) is 6.97. The highest BCUT2D eigenvalue weighted by atomic mass is 27.2. The first-order chi connectivity index (χ1) is 10.7. The lowest BCUT2D eigenvalue weighted by Gasteiger charge is -2.09. The van der Waals surface area contributed by atoms with Gasteiger partial charge < -0.3 is 5.11 Å². The molecule has 0 fully saturated rings. The molecule has 2 nitrogen and oxygen atoms in total. The molecule has 0 aliphatic heterocycles. The van der Waals surface area contributed by atoms with E-state index in [2.05, 4.69) is 20.8 Å². The molecule has 0 spiro atoms. The van der Waals surface area contributed by atoms with Gasteiger partial charge in [0.1, 0.15) is 0 Å². The molecule has 1 N–H and O–H groups in total. The molecule has 0 unspecified atom stereocenters. The molecule has 124 valence electrons. The highest BCUT2D eigenvalue weighted by Crippen LogP contribution is 2.16. The maximum atomic E-state index is 10.2. The van der Waals surface area contributed by atoms with E-state index >= 15 is 0 Å². The van der Waals surface area contributed by atoms with E-state index in [9.17, 15) is 4.79 Å². The zero-order chi connectivity index (χ0) is 16.6. The van der Waals surface area contributed by atoms with Gasteiger partial charge in [0.05, 0.1) is 5.56 Å². The molecule has 0 radical (unpaired) electrons. The van der Waals surface area contributed by atoms with Crippen LogP contribution in [0.4, 0.5) is 0 Å². The number of carbonyl (C=O) groups is 1. The average molecular weight is 320 g/mol. The maximum absolute atomic E-state index is 10.2. The standard InChI is InChI=1S/C7H6O2.3C4H9.Al/c8-7(9)6-4-2-1-3-5-6;3*1-3-4-2;/h1-5H,(H,8,9);3*1,3-4H2,2H3;. The lowest BCUT2D eigenvalue weighted by atomic mass is 10.2. The third-order valence-corrected chi connectivity index (χ3v) is 7.59. The second kappa shape index (κ2) is 15.1. The van der Waals surface area contributed by atoms with Crippen LogP contribution < -0.4 is 0 Å². The van der Waals surface area contributed by atoms with Gasteiger partial charge in [-0.1, -0.05) is 93.3 Å². The van der Waals surface area contributed by atoms with E-state index in [1.807, 2.05) is 0 Å². The molecule has 0 aliphatic carbocycles. The number of rotatable bonds is 10. The zero-order valence-corrected chi connectivity index (χ0v) is 15.8. The third-order valence-electron chi connectivity index (χ3n) is 3.92. The van der Waals surface area contributed by atoms with Gasteiger partial charge in [0, 0.05) is 0 Å². The third kappa shape index (κ3) is 11.8. The van der Waals surface area contributed by atoms with E-state index in [4.69, 9.17) is 5.11 Å². The van der Waals surface area contributed by atoms with Crippen LogP contribution in [0.2, 0.25) is 15.8 Å². The SMILES string of the molecule is CCC[CH2][Al]([CH2]CCC)[CH2]CCC.O=C(O)c1ccccc1. The Morgan fingerprint density at radius 1 is 0.864 bits per heavy atom. The molecule has 0 atom stereocenters. The van der Waals surface area contributed by atoms with E-state index < -0.39 is 5.97 Å². The number of benzene rings is 1. The van der Waals surface area contributed by atoms with E-state index in [1.165, 1.54) is 38.5 Å². The minimum absolute atomic E-state index is 0.287. The van der Waals surface area contributed by atoms with Gasteiger partial charge in [-0.25, -0.2) is 4.79 Å². The van der Waals surface area contributed by atoms with Crippen molar-refractivity contribution in [1.82, 2.24) is 0 Å². The molecule has 0 saturated carbocycles. The lowest BCUT2D eigenvalue weighted by Crippen LogP contribution is -2.11. The number of hydrogen-bond acceptors (Lipinski definition) is 1. The number of hydrogen-bond donors (Lipinski definition) is 1. The summed E-state index contributed by atoms with van der Waals surface area (Å²) < 4.78 is 0. The monoisotopic (exact) mass is 320 g/mol. The summed E-state index contributed by atoms with van der Waals surface area (Å²) in [5, 5.41) is 13.2. The molecule has 22 heavy (non-hydrogen) atoms. The summed E-state index contributed by atoms with van der Waals surface area (Å²) in [6, 6.07) is 8.30. The molecular formula is C19H33AlO2. The number of aromatic carboxylic acids is 1. The average Bonchev–Trinajstić information content (AvgIpc) is 2.55. The van der Waals surface area contributed by atoms with Crippen LogP contribution in [-0.4, -0.2) is 25.2 Å². The Morgan fingerprint density at radius 3 is 1.55 bits per heavy atom.